The Morgan fingerprint density at radius 1 is 1.00 bits per heavy atom. The second-order valence-corrected chi connectivity index (χ2v) is 8.46. The minimum atomic E-state index is 0.341. The Kier molecular flexibility index (Phi) is 3.11. The molecule has 0 saturated heterocycles. The van der Waals surface area contributed by atoms with Crippen molar-refractivity contribution in [2.24, 2.45) is 34.5 Å². The highest BCUT2D eigenvalue weighted by Gasteiger charge is 2.56. The molecule has 19 heavy (non-hydrogen) atoms. The predicted molar refractivity (Wildman–Crippen MR) is 78.8 cm³/mol. The van der Waals surface area contributed by atoms with Crippen molar-refractivity contribution in [3.63, 3.8) is 0 Å². The van der Waals surface area contributed by atoms with Gasteiger partial charge in [0.05, 0.1) is 0 Å². The quantitative estimate of drug-likeness (QED) is 0.610. The van der Waals surface area contributed by atoms with Crippen LogP contribution in [0.15, 0.2) is 0 Å². The molecule has 0 amide bonds. The van der Waals surface area contributed by atoms with E-state index in [2.05, 4.69) is 27.7 Å². The highest BCUT2D eigenvalue weighted by Crippen LogP contribution is 2.64. The molecule has 0 aromatic heterocycles. The zero-order chi connectivity index (χ0) is 13.8. The molecule has 0 spiro atoms. The molecular formula is C18H30O. The Hall–Kier alpha value is -0.330. The van der Waals surface area contributed by atoms with Gasteiger partial charge in [0, 0.05) is 12.3 Å². The third-order valence-electron chi connectivity index (χ3n) is 7.62. The lowest BCUT2D eigenvalue weighted by atomic mass is 9.43. The second-order valence-electron chi connectivity index (χ2n) is 8.46. The van der Waals surface area contributed by atoms with Gasteiger partial charge in [-0.15, -0.1) is 0 Å². The predicted octanol–water partition coefficient (Wildman–Crippen LogP) is 4.84. The molecule has 1 heteroatoms. The lowest BCUT2D eigenvalue weighted by Gasteiger charge is -2.61. The Balaban J connectivity index is 1.91. The van der Waals surface area contributed by atoms with Gasteiger partial charge in [-0.25, -0.2) is 0 Å². The summed E-state index contributed by atoms with van der Waals surface area (Å²) >= 11 is 0. The molecule has 3 rings (SSSR count). The Morgan fingerprint density at radius 2 is 1.74 bits per heavy atom. The first-order valence-electron chi connectivity index (χ1n) is 8.39. The third-order valence-corrected chi connectivity index (χ3v) is 7.62. The average Bonchev–Trinajstić information content (AvgIpc) is 2.35. The van der Waals surface area contributed by atoms with Crippen molar-refractivity contribution in [1.29, 1.82) is 0 Å². The highest BCUT2D eigenvalue weighted by atomic mass is 16.1. The number of carbonyl (C=O) groups excluding carboxylic acids is 1. The van der Waals surface area contributed by atoms with Gasteiger partial charge in [0.25, 0.3) is 0 Å². The minimum Gasteiger partial charge on any atom is -0.299 e. The Bertz CT molecular complexity index is 383. The highest BCUT2D eigenvalue weighted by molar-refractivity contribution is 5.81. The summed E-state index contributed by atoms with van der Waals surface area (Å²) in [6.07, 6.45) is 8.91. The molecule has 0 unspecified atom stereocenters. The van der Waals surface area contributed by atoms with Gasteiger partial charge in [0.15, 0.2) is 0 Å². The van der Waals surface area contributed by atoms with E-state index in [0.717, 1.165) is 18.3 Å². The summed E-state index contributed by atoms with van der Waals surface area (Å²) in [6, 6.07) is 0. The molecule has 0 N–H and O–H groups in total. The van der Waals surface area contributed by atoms with Crippen molar-refractivity contribution >= 4 is 5.78 Å². The molecule has 0 aromatic carbocycles. The number of hydrogen-bond acceptors (Lipinski definition) is 1. The summed E-state index contributed by atoms with van der Waals surface area (Å²) in [5, 5.41) is 0. The number of carbonyl (C=O) groups is 1. The molecule has 1 nitrogen and oxygen atoms in total. The van der Waals surface area contributed by atoms with Gasteiger partial charge in [-0.3, -0.25) is 4.79 Å². The van der Waals surface area contributed by atoms with Crippen LogP contribution in [0.2, 0.25) is 0 Å². The lowest BCUT2D eigenvalue weighted by molar-refractivity contribution is -0.145. The van der Waals surface area contributed by atoms with Crippen molar-refractivity contribution < 1.29 is 4.79 Å². The van der Waals surface area contributed by atoms with Crippen LogP contribution in [0.5, 0.6) is 0 Å². The summed E-state index contributed by atoms with van der Waals surface area (Å²) in [7, 11) is 0. The summed E-state index contributed by atoms with van der Waals surface area (Å²) in [6.45, 7) is 9.76. The zero-order valence-electron chi connectivity index (χ0n) is 13.2. The summed E-state index contributed by atoms with van der Waals surface area (Å²) in [5.74, 6) is 3.30. The summed E-state index contributed by atoms with van der Waals surface area (Å²) in [4.78, 5) is 12.0. The molecule has 3 saturated carbocycles. The van der Waals surface area contributed by atoms with E-state index in [1.54, 1.807) is 0 Å². The molecule has 3 fully saturated rings. The smallest absolute Gasteiger partial charge is 0.135 e. The second kappa shape index (κ2) is 4.33. The molecule has 0 radical (unpaired) electrons. The summed E-state index contributed by atoms with van der Waals surface area (Å²) in [5.41, 5.74) is 1.01. The molecule has 5 atom stereocenters. The fraction of sp³-hybridized carbons (Fsp3) is 0.944. The molecule has 0 aromatic rings. The maximum Gasteiger partial charge on any atom is 0.135 e. The van der Waals surface area contributed by atoms with Gasteiger partial charge < -0.3 is 0 Å². The van der Waals surface area contributed by atoms with Gasteiger partial charge in [-0.2, -0.15) is 0 Å². The SMILES string of the molecule is C[C@@H]1C(=O)CC[C@H]2[C@H]1CC[C@@]1(C)[C@@H]2CCCC1(C)C. The van der Waals surface area contributed by atoms with Gasteiger partial charge in [0.2, 0.25) is 0 Å². The molecule has 108 valence electrons. The van der Waals surface area contributed by atoms with E-state index in [1.807, 2.05) is 0 Å². The maximum absolute atomic E-state index is 12.0. The van der Waals surface area contributed by atoms with E-state index in [1.165, 1.54) is 38.5 Å². The molecule has 3 aliphatic rings. The summed E-state index contributed by atoms with van der Waals surface area (Å²) < 4.78 is 0. The van der Waals surface area contributed by atoms with Crippen LogP contribution in [0.1, 0.15) is 72.6 Å². The minimum absolute atomic E-state index is 0.341. The molecule has 0 aliphatic heterocycles. The lowest BCUT2D eigenvalue weighted by Crippen LogP contribution is -2.54. The van der Waals surface area contributed by atoms with Gasteiger partial charge in [0.1, 0.15) is 5.78 Å². The van der Waals surface area contributed by atoms with Crippen molar-refractivity contribution in [2.45, 2.75) is 72.6 Å². The number of hydrogen-bond donors (Lipinski definition) is 0. The first-order chi connectivity index (χ1) is 8.87. The van der Waals surface area contributed by atoms with Crippen molar-refractivity contribution in [1.82, 2.24) is 0 Å². The molecule has 0 heterocycles. The number of rotatable bonds is 0. The monoisotopic (exact) mass is 262 g/mol. The van der Waals surface area contributed by atoms with E-state index >= 15 is 0 Å². The van der Waals surface area contributed by atoms with Crippen LogP contribution in [0.4, 0.5) is 0 Å². The van der Waals surface area contributed by atoms with Gasteiger partial charge >= 0.3 is 0 Å². The van der Waals surface area contributed by atoms with E-state index in [4.69, 9.17) is 0 Å². The molecule has 3 aliphatic carbocycles. The fourth-order valence-corrected chi connectivity index (χ4v) is 5.87. The number of fused-ring (bicyclic) bond motifs is 3. The maximum atomic E-state index is 12.0. The van der Waals surface area contributed by atoms with Crippen LogP contribution in [0.3, 0.4) is 0 Å². The molecule has 0 bridgehead atoms. The normalized spacial score (nSPS) is 49.4. The Morgan fingerprint density at radius 3 is 2.47 bits per heavy atom. The van der Waals surface area contributed by atoms with E-state index < -0.39 is 0 Å². The molecular weight excluding hydrogens is 232 g/mol. The first kappa shape index (κ1) is 13.6. The van der Waals surface area contributed by atoms with Crippen LogP contribution >= 0.6 is 0 Å². The first-order valence-corrected chi connectivity index (χ1v) is 8.39. The van der Waals surface area contributed by atoms with Crippen molar-refractivity contribution in [3.05, 3.63) is 0 Å². The number of Topliss-reactive ketones (excluding diaryl/α,β-unsaturated/α-hetero) is 1. The van der Waals surface area contributed by atoms with Crippen LogP contribution in [-0.2, 0) is 4.79 Å². The topological polar surface area (TPSA) is 17.1 Å². The van der Waals surface area contributed by atoms with E-state index in [9.17, 15) is 4.79 Å². The largest absolute Gasteiger partial charge is 0.299 e. The standard InChI is InChI=1S/C18H30O/c1-12-13-9-11-18(4)15(6-5-10-17(18,2)3)14(13)7-8-16(12)19/h12-15H,5-11H2,1-4H3/t12-,13-,14-,15+,18-/m0/s1. The van der Waals surface area contributed by atoms with Gasteiger partial charge in [-0.05, 0) is 60.7 Å². The van der Waals surface area contributed by atoms with Crippen LogP contribution in [0.25, 0.3) is 0 Å². The fourth-order valence-electron chi connectivity index (χ4n) is 5.87. The van der Waals surface area contributed by atoms with Crippen LogP contribution < -0.4 is 0 Å². The Labute approximate surface area is 118 Å². The van der Waals surface area contributed by atoms with Crippen LogP contribution in [-0.4, -0.2) is 5.78 Å². The number of ketones is 1. The van der Waals surface area contributed by atoms with Gasteiger partial charge in [-0.1, -0.05) is 34.1 Å². The third kappa shape index (κ3) is 1.83. The van der Waals surface area contributed by atoms with E-state index in [0.29, 0.717) is 28.4 Å². The van der Waals surface area contributed by atoms with Crippen molar-refractivity contribution in [3.8, 4) is 0 Å². The zero-order valence-corrected chi connectivity index (χ0v) is 13.2. The van der Waals surface area contributed by atoms with E-state index in [-0.39, 0.29) is 0 Å². The average molecular weight is 262 g/mol. The van der Waals surface area contributed by atoms with Crippen LogP contribution in [0, 0.1) is 34.5 Å². The van der Waals surface area contributed by atoms with Crippen molar-refractivity contribution in [2.75, 3.05) is 0 Å².